The van der Waals surface area contributed by atoms with E-state index >= 15 is 0 Å². The Bertz CT molecular complexity index is 1220. The molecule has 1 fully saturated rings. The maximum absolute atomic E-state index is 13.6. The lowest BCUT2D eigenvalue weighted by molar-refractivity contribution is -0.158. The quantitative estimate of drug-likeness (QED) is 0.378. The monoisotopic (exact) mass is 550 g/mol. The van der Waals surface area contributed by atoms with Crippen molar-refractivity contribution in [1.29, 1.82) is 0 Å². The lowest BCUT2D eigenvalue weighted by atomic mass is 10.0. The third-order valence-electron chi connectivity index (χ3n) is 7.39. The van der Waals surface area contributed by atoms with Gasteiger partial charge in [0.2, 0.25) is 5.91 Å². The number of hydrogen-bond acceptors (Lipinski definition) is 7. The van der Waals surface area contributed by atoms with Gasteiger partial charge in [-0.3, -0.25) is 29.4 Å². The molecule has 1 saturated heterocycles. The molecule has 2 aliphatic heterocycles. The average Bonchev–Trinajstić information content (AvgIpc) is 3.11. The molecule has 9 heteroatoms. The molecule has 2 aromatic carbocycles. The van der Waals surface area contributed by atoms with E-state index < -0.39 is 23.7 Å². The normalized spacial score (nSPS) is 17.9. The van der Waals surface area contributed by atoms with Crippen LogP contribution >= 0.6 is 0 Å². The van der Waals surface area contributed by atoms with E-state index in [0.717, 1.165) is 23.9 Å². The number of nitrogens with one attached hydrogen (secondary N) is 1. The highest BCUT2D eigenvalue weighted by atomic mass is 16.6. The van der Waals surface area contributed by atoms with Crippen molar-refractivity contribution in [3.63, 3.8) is 0 Å². The van der Waals surface area contributed by atoms with Crippen LogP contribution in [0.1, 0.15) is 68.2 Å². The van der Waals surface area contributed by atoms with Crippen LogP contribution in [0.4, 0.5) is 0 Å². The van der Waals surface area contributed by atoms with E-state index in [0.29, 0.717) is 30.6 Å². The fraction of sp³-hybridized carbons (Fsp3) is 0.548. The summed E-state index contributed by atoms with van der Waals surface area (Å²) in [5.41, 5.74) is 0.00331. The minimum atomic E-state index is -0.872. The Morgan fingerprint density at radius 2 is 1.48 bits per heavy atom. The SMILES string of the molecule is CC(C)C[C@H](N[C@H](CCN1C(=O)c2cc3ccccc3cc2C1=O)C(=O)OC(C)(C)C)C(=O)N1CCN(C)CC1. The van der Waals surface area contributed by atoms with Crippen molar-refractivity contribution in [3.05, 3.63) is 47.5 Å². The van der Waals surface area contributed by atoms with Gasteiger partial charge in [-0.1, -0.05) is 38.1 Å². The summed E-state index contributed by atoms with van der Waals surface area (Å²) in [5, 5.41) is 5.06. The molecule has 0 unspecified atom stereocenters. The number of piperazine rings is 1. The summed E-state index contributed by atoms with van der Waals surface area (Å²) in [7, 11) is 2.03. The van der Waals surface area contributed by atoms with Crippen LogP contribution in [0, 0.1) is 5.92 Å². The van der Waals surface area contributed by atoms with Crippen molar-refractivity contribution in [2.75, 3.05) is 39.8 Å². The van der Waals surface area contributed by atoms with Gasteiger partial charge in [-0.05, 0) is 69.5 Å². The third kappa shape index (κ3) is 6.88. The molecule has 0 bridgehead atoms. The highest BCUT2D eigenvalue weighted by molar-refractivity contribution is 6.23. The number of nitrogens with zero attached hydrogens (tertiary/aromatic N) is 3. The molecule has 9 nitrogen and oxygen atoms in total. The van der Waals surface area contributed by atoms with Gasteiger partial charge in [-0.2, -0.15) is 0 Å². The molecule has 0 saturated carbocycles. The summed E-state index contributed by atoms with van der Waals surface area (Å²) in [6.07, 6.45) is 0.675. The molecule has 2 aromatic rings. The van der Waals surface area contributed by atoms with Gasteiger partial charge in [-0.15, -0.1) is 0 Å². The Labute approximate surface area is 236 Å². The smallest absolute Gasteiger partial charge is 0.323 e. The summed E-state index contributed by atoms with van der Waals surface area (Å²) in [6.45, 7) is 12.3. The highest BCUT2D eigenvalue weighted by Gasteiger charge is 2.38. The lowest BCUT2D eigenvalue weighted by Gasteiger charge is -2.36. The Morgan fingerprint density at radius 1 is 0.925 bits per heavy atom. The fourth-order valence-electron chi connectivity index (χ4n) is 5.28. The third-order valence-corrected chi connectivity index (χ3v) is 7.39. The van der Waals surface area contributed by atoms with E-state index in [4.69, 9.17) is 4.74 Å². The van der Waals surface area contributed by atoms with E-state index in [-0.39, 0.29) is 36.6 Å². The van der Waals surface area contributed by atoms with Crippen LogP contribution in [0.25, 0.3) is 10.8 Å². The number of carbonyl (C=O) groups excluding carboxylic acids is 4. The maximum Gasteiger partial charge on any atom is 0.323 e. The number of likely N-dealkylation sites (N-methyl/N-ethyl adjacent to an activating group) is 1. The van der Waals surface area contributed by atoms with E-state index in [1.54, 1.807) is 32.9 Å². The zero-order chi connectivity index (χ0) is 29.2. The molecule has 0 aromatic heterocycles. The first-order valence-electron chi connectivity index (χ1n) is 14.2. The number of esters is 1. The van der Waals surface area contributed by atoms with E-state index in [2.05, 4.69) is 10.2 Å². The van der Waals surface area contributed by atoms with Crippen LogP contribution in [-0.2, 0) is 14.3 Å². The van der Waals surface area contributed by atoms with Crippen molar-refractivity contribution in [2.24, 2.45) is 5.92 Å². The molecule has 40 heavy (non-hydrogen) atoms. The predicted octanol–water partition coefficient (Wildman–Crippen LogP) is 3.31. The molecular formula is C31H42N4O5. The summed E-state index contributed by atoms with van der Waals surface area (Å²) < 4.78 is 5.71. The molecule has 216 valence electrons. The standard InChI is InChI=1S/C31H42N4O5/c1-20(2)17-26(29(38)34-15-13-33(6)14-16-34)32-25(30(39)40-31(3,4)5)11-12-35-27(36)23-18-21-9-7-8-10-22(21)19-24(23)28(35)37/h7-10,18-20,25-26,32H,11-17H2,1-6H3/t25-,26+/m1/s1. The number of fused-ring (bicyclic) bond motifs is 2. The summed E-state index contributed by atoms with van der Waals surface area (Å²) in [4.78, 5) is 58.7. The number of carbonyl (C=O) groups is 4. The summed E-state index contributed by atoms with van der Waals surface area (Å²) in [6, 6.07) is 9.64. The van der Waals surface area contributed by atoms with Crippen LogP contribution in [-0.4, -0.2) is 95.8 Å². The molecular weight excluding hydrogens is 508 g/mol. The van der Waals surface area contributed by atoms with Gasteiger partial charge in [0.15, 0.2) is 0 Å². The Hall–Kier alpha value is -3.30. The van der Waals surface area contributed by atoms with E-state index in [9.17, 15) is 19.2 Å². The summed E-state index contributed by atoms with van der Waals surface area (Å²) in [5.74, 6) is -1.09. The fourth-order valence-corrected chi connectivity index (χ4v) is 5.28. The topological polar surface area (TPSA) is 99.3 Å². The number of amides is 3. The van der Waals surface area contributed by atoms with Crippen LogP contribution in [0.2, 0.25) is 0 Å². The Morgan fingerprint density at radius 3 is 1.98 bits per heavy atom. The predicted molar refractivity (Wildman–Crippen MR) is 154 cm³/mol. The molecule has 2 heterocycles. The molecule has 0 aliphatic carbocycles. The second kappa shape index (κ2) is 12.1. The number of hydrogen-bond donors (Lipinski definition) is 1. The molecule has 2 aliphatic rings. The van der Waals surface area contributed by atoms with Crippen molar-refractivity contribution in [1.82, 2.24) is 20.0 Å². The zero-order valence-corrected chi connectivity index (χ0v) is 24.5. The highest BCUT2D eigenvalue weighted by Crippen LogP contribution is 2.28. The minimum Gasteiger partial charge on any atom is -0.459 e. The Balaban J connectivity index is 1.53. The first-order chi connectivity index (χ1) is 18.8. The first-order valence-corrected chi connectivity index (χ1v) is 14.2. The second-order valence-electron chi connectivity index (χ2n) is 12.4. The van der Waals surface area contributed by atoms with E-state index in [1.165, 1.54) is 4.90 Å². The maximum atomic E-state index is 13.6. The van der Waals surface area contributed by atoms with Crippen LogP contribution < -0.4 is 5.32 Å². The number of benzene rings is 2. The van der Waals surface area contributed by atoms with Crippen molar-refractivity contribution in [3.8, 4) is 0 Å². The second-order valence-corrected chi connectivity index (χ2v) is 12.4. The Kier molecular flexibility index (Phi) is 8.95. The van der Waals surface area contributed by atoms with Gasteiger partial charge >= 0.3 is 5.97 Å². The molecule has 2 atom stereocenters. The van der Waals surface area contributed by atoms with Gasteiger partial charge in [0.25, 0.3) is 11.8 Å². The minimum absolute atomic E-state index is 0.0245. The number of rotatable bonds is 9. The van der Waals surface area contributed by atoms with Crippen LogP contribution in [0.15, 0.2) is 36.4 Å². The van der Waals surface area contributed by atoms with Gasteiger partial charge in [-0.25, -0.2) is 0 Å². The van der Waals surface area contributed by atoms with Gasteiger partial charge < -0.3 is 14.5 Å². The molecule has 1 N–H and O–H groups in total. The van der Waals surface area contributed by atoms with Crippen LogP contribution in [0.3, 0.4) is 0 Å². The molecule has 4 rings (SSSR count). The molecule has 0 spiro atoms. The molecule has 0 radical (unpaired) electrons. The number of ether oxygens (including phenoxy) is 1. The van der Waals surface area contributed by atoms with E-state index in [1.807, 2.05) is 50.1 Å². The lowest BCUT2D eigenvalue weighted by Crippen LogP contribution is -2.57. The van der Waals surface area contributed by atoms with Gasteiger partial charge in [0.05, 0.1) is 17.2 Å². The van der Waals surface area contributed by atoms with Crippen LogP contribution in [0.5, 0.6) is 0 Å². The van der Waals surface area contributed by atoms with Gasteiger partial charge in [0, 0.05) is 32.7 Å². The average molecular weight is 551 g/mol. The summed E-state index contributed by atoms with van der Waals surface area (Å²) >= 11 is 0. The van der Waals surface area contributed by atoms with Gasteiger partial charge in [0.1, 0.15) is 11.6 Å². The van der Waals surface area contributed by atoms with Crippen molar-refractivity contribution >= 4 is 34.5 Å². The number of imide groups is 1. The first kappa shape index (κ1) is 29.7. The largest absolute Gasteiger partial charge is 0.459 e. The molecule has 3 amide bonds. The zero-order valence-electron chi connectivity index (χ0n) is 24.5. The van der Waals surface area contributed by atoms with Crippen molar-refractivity contribution in [2.45, 2.75) is 65.1 Å². The van der Waals surface area contributed by atoms with Crippen molar-refractivity contribution < 1.29 is 23.9 Å².